The molecule has 0 radical (unpaired) electrons. The van der Waals surface area contributed by atoms with Crippen molar-refractivity contribution in [3.05, 3.63) is 101 Å². The molecule has 162 valence electrons. The predicted molar refractivity (Wildman–Crippen MR) is 119 cm³/mol. The molecule has 2 fully saturated rings. The Labute approximate surface area is 188 Å². The van der Waals surface area contributed by atoms with Crippen LogP contribution in [0.5, 0.6) is 0 Å². The minimum absolute atomic E-state index is 0.171. The molecule has 0 saturated carbocycles. The van der Waals surface area contributed by atoms with Gasteiger partial charge < -0.3 is 0 Å². The molecule has 33 heavy (non-hydrogen) atoms. The van der Waals surface area contributed by atoms with Crippen LogP contribution in [0, 0.1) is 17.7 Å². The van der Waals surface area contributed by atoms with Gasteiger partial charge in [0.05, 0.1) is 29.8 Å². The number of benzene rings is 3. The summed E-state index contributed by atoms with van der Waals surface area (Å²) < 4.78 is 13.9. The maximum atomic E-state index is 13.9. The largest absolute Gasteiger partial charge is 0.292 e. The van der Waals surface area contributed by atoms with Gasteiger partial charge in [0.25, 0.3) is 0 Å². The van der Waals surface area contributed by atoms with Crippen molar-refractivity contribution in [1.29, 1.82) is 0 Å². The maximum absolute atomic E-state index is 13.9. The average molecular weight is 439 g/mol. The quantitative estimate of drug-likeness (QED) is 0.462. The monoisotopic (exact) mass is 439 g/mol. The van der Waals surface area contributed by atoms with Crippen molar-refractivity contribution in [3.63, 3.8) is 0 Å². The summed E-state index contributed by atoms with van der Waals surface area (Å²) in [6.45, 7) is 0. The summed E-state index contributed by atoms with van der Waals surface area (Å²) >= 11 is 0. The molecule has 0 unspecified atom stereocenters. The number of rotatable bonds is 3. The molecule has 3 aromatic carbocycles. The second kappa shape index (κ2) is 7.20. The van der Waals surface area contributed by atoms with Gasteiger partial charge in [0.15, 0.2) is 5.78 Å². The van der Waals surface area contributed by atoms with Gasteiger partial charge in [0.2, 0.25) is 11.8 Å². The minimum Gasteiger partial charge on any atom is -0.292 e. The van der Waals surface area contributed by atoms with Crippen LogP contribution in [0.1, 0.15) is 27.5 Å². The van der Waals surface area contributed by atoms with E-state index in [1.165, 1.54) is 18.2 Å². The van der Waals surface area contributed by atoms with E-state index in [1.807, 2.05) is 30.3 Å². The molecule has 7 heteroatoms. The fourth-order valence-corrected chi connectivity index (χ4v) is 5.31. The first-order valence-electron chi connectivity index (χ1n) is 10.7. The van der Waals surface area contributed by atoms with Crippen LogP contribution >= 0.6 is 0 Å². The summed E-state index contributed by atoms with van der Waals surface area (Å²) in [6, 6.07) is 20.1. The van der Waals surface area contributed by atoms with Gasteiger partial charge in [-0.05, 0) is 29.3 Å². The summed E-state index contributed by atoms with van der Waals surface area (Å²) in [7, 11) is 0. The fraction of sp³-hybridized carbons (Fsp3) is 0.154. The van der Waals surface area contributed by atoms with E-state index in [4.69, 9.17) is 0 Å². The first kappa shape index (κ1) is 19.5. The van der Waals surface area contributed by atoms with E-state index in [2.05, 4.69) is 5.10 Å². The molecular weight excluding hydrogens is 421 g/mol. The molecule has 0 bridgehead atoms. The van der Waals surface area contributed by atoms with Crippen molar-refractivity contribution in [2.24, 2.45) is 16.9 Å². The van der Waals surface area contributed by atoms with Crippen molar-refractivity contribution in [1.82, 2.24) is 5.01 Å². The maximum Gasteiger partial charge on any atom is 0.240 e. The number of nitrogens with zero attached hydrogens (tertiary/aromatic N) is 3. The van der Waals surface area contributed by atoms with Gasteiger partial charge in [-0.1, -0.05) is 60.7 Å². The Hall–Kier alpha value is -4.13. The normalized spacial score (nSPS) is 25.1. The van der Waals surface area contributed by atoms with Gasteiger partial charge in [-0.2, -0.15) is 5.10 Å². The molecule has 3 aromatic rings. The molecule has 0 aromatic heterocycles. The van der Waals surface area contributed by atoms with E-state index in [9.17, 15) is 18.8 Å². The van der Waals surface area contributed by atoms with Crippen LogP contribution < -0.4 is 4.90 Å². The van der Waals surface area contributed by atoms with E-state index in [1.54, 1.807) is 35.5 Å². The Morgan fingerprint density at radius 1 is 0.848 bits per heavy atom. The van der Waals surface area contributed by atoms with Crippen LogP contribution in [0.15, 0.2) is 84.0 Å². The number of carbonyl (C=O) groups is 3. The molecule has 4 atom stereocenters. The molecule has 6 rings (SSSR count). The van der Waals surface area contributed by atoms with Crippen molar-refractivity contribution in [3.8, 4) is 0 Å². The highest BCUT2D eigenvalue weighted by Crippen LogP contribution is 2.53. The Morgan fingerprint density at radius 3 is 2.36 bits per heavy atom. The minimum atomic E-state index is -0.943. The summed E-state index contributed by atoms with van der Waals surface area (Å²) in [4.78, 5) is 42.0. The van der Waals surface area contributed by atoms with E-state index in [-0.39, 0.29) is 11.5 Å². The number of hydrazone groups is 1. The van der Waals surface area contributed by atoms with Crippen molar-refractivity contribution in [2.45, 2.75) is 12.1 Å². The average Bonchev–Trinajstić information content (AvgIpc) is 3.32. The SMILES string of the molecule is O=C(c1ccccc1)[C@@H]1[C@@H]2C(=O)N(c3cccc(F)c3)C(=O)[C@@H]2[C@H]2c3ccccc3C=NN12. The summed E-state index contributed by atoms with van der Waals surface area (Å²) in [5.41, 5.74) is 2.30. The van der Waals surface area contributed by atoms with Crippen LogP contribution in [0.3, 0.4) is 0 Å². The van der Waals surface area contributed by atoms with Gasteiger partial charge in [-0.15, -0.1) is 0 Å². The molecule has 3 aliphatic heterocycles. The number of halogens is 1. The molecule has 3 heterocycles. The number of amides is 2. The lowest BCUT2D eigenvalue weighted by Crippen LogP contribution is -2.44. The van der Waals surface area contributed by atoms with E-state index >= 15 is 0 Å². The number of carbonyl (C=O) groups excluding carboxylic acids is 3. The van der Waals surface area contributed by atoms with Crippen molar-refractivity contribution in [2.75, 3.05) is 4.90 Å². The Bertz CT molecular complexity index is 1340. The zero-order chi connectivity index (χ0) is 22.7. The lowest BCUT2D eigenvalue weighted by atomic mass is 9.83. The number of hydrogen-bond acceptors (Lipinski definition) is 5. The molecule has 2 saturated heterocycles. The molecule has 0 N–H and O–H groups in total. The molecule has 0 aliphatic carbocycles. The highest BCUT2D eigenvalue weighted by molar-refractivity contribution is 6.24. The zero-order valence-corrected chi connectivity index (χ0v) is 17.3. The third kappa shape index (κ3) is 2.78. The van der Waals surface area contributed by atoms with Crippen LogP contribution in [-0.2, 0) is 9.59 Å². The predicted octanol–water partition coefficient (Wildman–Crippen LogP) is 3.59. The Kier molecular flexibility index (Phi) is 4.26. The van der Waals surface area contributed by atoms with E-state index in [0.29, 0.717) is 5.56 Å². The molecule has 2 amide bonds. The number of imide groups is 1. The fourth-order valence-electron chi connectivity index (χ4n) is 5.31. The topological polar surface area (TPSA) is 70.0 Å². The molecule has 3 aliphatic rings. The molecule has 6 nitrogen and oxygen atoms in total. The number of hydrogen-bond donors (Lipinski definition) is 0. The van der Waals surface area contributed by atoms with Gasteiger partial charge in [-0.3, -0.25) is 19.4 Å². The summed E-state index contributed by atoms with van der Waals surface area (Å²) in [5.74, 6) is -3.50. The lowest BCUT2D eigenvalue weighted by Gasteiger charge is -2.33. The van der Waals surface area contributed by atoms with Crippen molar-refractivity contribution < 1.29 is 18.8 Å². The number of ketones is 1. The third-order valence-electron chi connectivity index (χ3n) is 6.69. The highest BCUT2D eigenvalue weighted by Gasteiger charge is 2.65. The number of fused-ring (bicyclic) bond motifs is 5. The smallest absolute Gasteiger partial charge is 0.240 e. The second-order valence-electron chi connectivity index (χ2n) is 8.42. The Balaban J connectivity index is 1.51. The number of Topliss-reactive ketones (excluding diaryl/α,β-unsaturated/α-hetero) is 1. The van der Waals surface area contributed by atoms with Gasteiger partial charge in [0.1, 0.15) is 11.9 Å². The second-order valence-corrected chi connectivity index (χ2v) is 8.42. The molecular formula is C26H18FN3O3. The van der Waals surface area contributed by atoms with Crippen molar-refractivity contribution >= 4 is 29.5 Å². The standard InChI is InChI=1S/C26H18FN3O3/c27-17-10-6-11-18(13-17)29-25(32)20-21(26(29)33)23(24(31)15-7-2-1-3-8-15)30-22(20)19-12-5-4-9-16(19)14-28-30/h1-14,20-23H/t20-,21+,22+,23-/m0/s1. The van der Waals surface area contributed by atoms with Gasteiger partial charge in [0, 0.05) is 5.56 Å². The van der Waals surface area contributed by atoms with Crippen LogP contribution in [-0.4, -0.2) is 34.9 Å². The van der Waals surface area contributed by atoms with Crippen LogP contribution in [0.4, 0.5) is 10.1 Å². The van der Waals surface area contributed by atoms with Gasteiger partial charge in [-0.25, -0.2) is 9.29 Å². The molecule has 0 spiro atoms. The Morgan fingerprint density at radius 2 is 1.58 bits per heavy atom. The summed E-state index contributed by atoms with van der Waals surface area (Å²) in [5, 5.41) is 6.15. The zero-order valence-electron chi connectivity index (χ0n) is 17.3. The number of anilines is 1. The third-order valence-corrected chi connectivity index (χ3v) is 6.69. The van der Waals surface area contributed by atoms with Crippen LogP contribution in [0.25, 0.3) is 0 Å². The lowest BCUT2D eigenvalue weighted by molar-refractivity contribution is -0.124. The summed E-state index contributed by atoms with van der Waals surface area (Å²) in [6.07, 6.45) is 1.66. The van der Waals surface area contributed by atoms with E-state index in [0.717, 1.165) is 22.1 Å². The van der Waals surface area contributed by atoms with E-state index < -0.39 is 41.6 Å². The first-order chi connectivity index (χ1) is 16.1. The highest BCUT2D eigenvalue weighted by atomic mass is 19.1. The first-order valence-corrected chi connectivity index (χ1v) is 10.7. The van der Waals surface area contributed by atoms with Crippen LogP contribution in [0.2, 0.25) is 0 Å². The van der Waals surface area contributed by atoms with Gasteiger partial charge >= 0.3 is 0 Å².